The first kappa shape index (κ1) is 22.4. The van der Waals surface area contributed by atoms with Crippen LogP contribution in [0, 0.1) is 0 Å². The van der Waals surface area contributed by atoms with Crippen molar-refractivity contribution in [2.24, 2.45) is 0 Å². The van der Waals surface area contributed by atoms with E-state index in [0.29, 0.717) is 16.9 Å². The third kappa shape index (κ3) is 4.42. The number of benzene rings is 2. The molecule has 0 aliphatic carbocycles. The van der Waals surface area contributed by atoms with Crippen LogP contribution in [0.5, 0.6) is 0 Å². The van der Waals surface area contributed by atoms with Crippen LogP contribution in [-0.4, -0.2) is 23.6 Å². The molecule has 7 heteroatoms. The Balaban J connectivity index is 2.09. The summed E-state index contributed by atoms with van der Waals surface area (Å²) in [7, 11) is -1.68. The van der Waals surface area contributed by atoms with Gasteiger partial charge in [-0.25, -0.2) is 14.8 Å². The van der Waals surface area contributed by atoms with E-state index in [4.69, 9.17) is 0 Å². The van der Waals surface area contributed by atoms with E-state index in [0.717, 1.165) is 4.88 Å². The van der Waals surface area contributed by atoms with E-state index in [1.807, 2.05) is 19.4 Å². The molecule has 1 unspecified atom stereocenters. The summed E-state index contributed by atoms with van der Waals surface area (Å²) in [5, 5.41) is 9.20. The molecule has 0 saturated heterocycles. The van der Waals surface area contributed by atoms with Crippen LogP contribution in [0.15, 0.2) is 65.6 Å². The zero-order chi connectivity index (χ0) is 22.1. The molecule has 2 aromatic carbocycles. The Kier molecular flexibility index (Phi) is 6.34. The fourth-order valence-electron chi connectivity index (χ4n) is 3.67. The minimum Gasteiger partial charge on any atom is -0.477 e. The second kappa shape index (κ2) is 8.47. The molecule has 1 heterocycles. The van der Waals surface area contributed by atoms with Gasteiger partial charge in [0.25, 0.3) is 0 Å². The van der Waals surface area contributed by atoms with Gasteiger partial charge in [-0.05, 0) is 59.2 Å². The first-order valence-corrected chi connectivity index (χ1v) is 12.7. The number of carboxylic acids is 1. The van der Waals surface area contributed by atoms with Gasteiger partial charge < -0.3 is 5.11 Å². The predicted molar refractivity (Wildman–Crippen MR) is 119 cm³/mol. The topological polar surface area (TPSA) is 37.3 Å². The van der Waals surface area contributed by atoms with Gasteiger partial charge in [-0.2, -0.15) is 13.2 Å². The van der Waals surface area contributed by atoms with Crippen LogP contribution >= 0.6 is 21.4 Å². The fraction of sp³-hybridized carbons (Fsp3) is 0.261. The Bertz CT molecular complexity index is 1040. The number of thiophene rings is 1. The van der Waals surface area contributed by atoms with Gasteiger partial charge >= 0.3 is 12.1 Å². The average molecular weight is 453 g/mol. The summed E-state index contributed by atoms with van der Waals surface area (Å²) in [4.78, 5) is 13.1. The lowest BCUT2D eigenvalue weighted by atomic mass is 9.99. The van der Waals surface area contributed by atoms with Gasteiger partial charge in [-0.15, -0.1) is 11.3 Å². The summed E-state index contributed by atoms with van der Waals surface area (Å²) in [6.07, 6.45) is 0.236. The van der Waals surface area contributed by atoms with Crippen molar-refractivity contribution in [2.75, 3.05) is 12.5 Å². The highest BCUT2D eigenvalue weighted by molar-refractivity contribution is 8.32. The molecule has 0 aliphatic rings. The van der Waals surface area contributed by atoms with Crippen LogP contribution in [0.2, 0.25) is 0 Å². The van der Waals surface area contributed by atoms with E-state index in [-0.39, 0.29) is 15.7 Å². The first-order chi connectivity index (χ1) is 14.1. The van der Waals surface area contributed by atoms with Gasteiger partial charge in [0.15, 0.2) is 0 Å². The third-order valence-corrected chi connectivity index (χ3v) is 10.0. The van der Waals surface area contributed by atoms with E-state index in [2.05, 4.69) is 0 Å². The largest absolute Gasteiger partial charge is 0.477 e. The Labute approximate surface area is 179 Å². The molecule has 30 heavy (non-hydrogen) atoms. The van der Waals surface area contributed by atoms with Crippen molar-refractivity contribution in [3.63, 3.8) is 0 Å². The van der Waals surface area contributed by atoms with E-state index >= 15 is 0 Å². The molecular formula is C23H23F3O2S2. The van der Waals surface area contributed by atoms with Crippen LogP contribution in [0.4, 0.5) is 13.2 Å². The lowest BCUT2D eigenvalue weighted by molar-refractivity contribution is -0.137. The Morgan fingerprint density at radius 3 is 2.27 bits per heavy atom. The number of hydrogen-bond donors (Lipinski definition) is 1. The molecular weight excluding hydrogens is 429 g/mol. The van der Waals surface area contributed by atoms with Crippen LogP contribution < -0.4 is 0 Å². The number of carboxylic acid groups (broad SMARTS) is 1. The van der Waals surface area contributed by atoms with E-state index in [1.54, 1.807) is 54.6 Å². The number of hydrogen-bond acceptors (Lipinski definition) is 2. The molecule has 0 fully saturated rings. The smallest absolute Gasteiger partial charge is 0.417 e. The molecule has 0 saturated carbocycles. The van der Waals surface area contributed by atoms with Gasteiger partial charge in [-0.3, -0.25) is 0 Å². The molecule has 1 atom stereocenters. The zero-order valence-corrected chi connectivity index (χ0v) is 18.5. The quantitative estimate of drug-likeness (QED) is 0.416. The fourth-order valence-corrected chi connectivity index (χ4v) is 8.11. The third-order valence-electron chi connectivity index (χ3n) is 5.23. The molecule has 160 valence electrons. The maximum absolute atomic E-state index is 13.9. The Morgan fingerprint density at radius 1 is 1.07 bits per heavy atom. The highest BCUT2D eigenvalue weighted by atomic mass is 32.3. The molecule has 0 aliphatic heterocycles. The van der Waals surface area contributed by atoms with Gasteiger partial charge in [0.05, 0.1) is 5.56 Å². The molecule has 0 bridgehead atoms. The summed E-state index contributed by atoms with van der Waals surface area (Å²) >= 11 is 1.20. The highest BCUT2D eigenvalue weighted by Gasteiger charge is 2.36. The molecule has 0 spiro atoms. The maximum atomic E-state index is 13.9. The SMILES string of the molecule is CCC(c1ccc(C(=O)O)s1)S(C)(C)c1ccc(-c2ccccc2)c(C(F)(F)F)c1. The monoisotopic (exact) mass is 452 g/mol. The van der Waals surface area contributed by atoms with Crippen LogP contribution in [-0.2, 0) is 6.18 Å². The normalized spacial score (nSPS) is 13.8. The van der Waals surface area contributed by atoms with Gasteiger partial charge in [-0.1, -0.05) is 43.3 Å². The lowest BCUT2D eigenvalue weighted by Crippen LogP contribution is -2.12. The number of carbonyl (C=O) groups is 1. The van der Waals surface area contributed by atoms with Gasteiger partial charge in [0.2, 0.25) is 0 Å². The van der Waals surface area contributed by atoms with Crippen molar-refractivity contribution in [3.05, 3.63) is 76.0 Å². The van der Waals surface area contributed by atoms with Crippen molar-refractivity contribution in [1.29, 1.82) is 0 Å². The Morgan fingerprint density at radius 2 is 1.73 bits per heavy atom. The van der Waals surface area contributed by atoms with Crippen molar-refractivity contribution in [3.8, 4) is 11.1 Å². The number of alkyl halides is 3. The molecule has 0 amide bonds. The standard InChI is InChI=1S/C23H23F3O2S2/c1-4-21(19-12-13-20(29-19)22(27)28)30(2,3)16-10-11-17(15-8-6-5-7-9-15)18(14-16)23(24,25)26/h5-14,21H,4H2,1-3H3,(H,27,28). The molecule has 3 aromatic rings. The van der Waals surface area contributed by atoms with Crippen molar-refractivity contribution < 1.29 is 23.1 Å². The maximum Gasteiger partial charge on any atom is 0.417 e. The summed E-state index contributed by atoms with van der Waals surface area (Å²) in [6, 6.07) is 16.6. The van der Waals surface area contributed by atoms with Crippen LogP contribution in [0.3, 0.4) is 0 Å². The van der Waals surface area contributed by atoms with Crippen molar-refractivity contribution in [1.82, 2.24) is 0 Å². The van der Waals surface area contributed by atoms with E-state index < -0.39 is 27.7 Å². The molecule has 0 radical (unpaired) electrons. The average Bonchev–Trinajstić information content (AvgIpc) is 3.18. The lowest BCUT2D eigenvalue weighted by Gasteiger charge is -2.40. The van der Waals surface area contributed by atoms with Gasteiger partial charge in [0.1, 0.15) is 4.88 Å². The van der Waals surface area contributed by atoms with Crippen molar-refractivity contribution >= 4 is 27.3 Å². The first-order valence-electron chi connectivity index (χ1n) is 9.37. The van der Waals surface area contributed by atoms with Crippen molar-refractivity contribution in [2.45, 2.75) is 29.7 Å². The van der Waals surface area contributed by atoms with Crippen LogP contribution in [0.25, 0.3) is 11.1 Å². The predicted octanol–water partition coefficient (Wildman–Crippen LogP) is 7.71. The zero-order valence-electron chi connectivity index (χ0n) is 16.9. The van der Waals surface area contributed by atoms with E-state index in [1.165, 1.54) is 17.4 Å². The van der Waals surface area contributed by atoms with E-state index in [9.17, 15) is 23.1 Å². The highest BCUT2D eigenvalue weighted by Crippen LogP contribution is 2.63. The summed E-state index contributed by atoms with van der Waals surface area (Å²) < 4.78 is 41.8. The minimum atomic E-state index is -4.47. The summed E-state index contributed by atoms with van der Waals surface area (Å²) in [5.41, 5.74) is 0.0546. The summed E-state index contributed by atoms with van der Waals surface area (Å²) in [5.74, 6) is -0.986. The number of aromatic carboxylic acids is 1. The van der Waals surface area contributed by atoms with Gasteiger partial charge in [0, 0.05) is 10.1 Å². The Hall–Kier alpha value is -2.25. The van der Waals surface area contributed by atoms with Crippen LogP contribution in [0.1, 0.15) is 38.7 Å². The number of rotatable bonds is 6. The summed E-state index contributed by atoms with van der Waals surface area (Å²) in [6.45, 7) is 1.99. The minimum absolute atomic E-state index is 0.0285. The molecule has 1 aromatic heterocycles. The molecule has 3 rings (SSSR count). The number of halogens is 3. The second-order valence-corrected chi connectivity index (χ2v) is 12.3. The molecule has 1 N–H and O–H groups in total. The second-order valence-electron chi connectivity index (χ2n) is 7.38. The molecule has 2 nitrogen and oxygen atoms in total.